The summed E-state index contributed by atoms with van der Waals surface area (Å²) >= 11 is 0. The fraction of sp³-hybridized carbons (Fsp3) is 0.462. The predicted octanol–water partition coefficient (Wildman–Crippen LogP) is -0.155. The molecule has 0 aromatic carbocycles. The average Bonchev–Trinajstić information content (AvgIpc) is 2.46. The molecule has 2 N–H and O–H groups in total. The van der Waals surface area contributed by atoms with Crippen molar-refractivity contribution in [1.82, 2.24) is 14.8 Å². The van der Waals surface area contributed by atoms with E-state index in [0.29, 0.717) is 38.4 Å². The topological polar surface area (TPSA) is 79.5 Å². The highest BCUT2D eigenvalue weighted by Crippen LogP contribution is 2.08. The van der Waals surface area contributed by atoms with E-state index in [-0.39, 0.29) is 11.8 Å². The van der Waals surface area contributed by atoms with Crippen molar-refractivity contribution >= 4 is 11.8 Å². The quantitative estimate of drug-likeness (QED) is 0.803. The first-order valence-corrected chi connectivity index (χ1v) is 6.31. The lowest BCUT2D eigenvalue weighted by molar-refractivity contribution is -0.130. The monoisotopic (exact) mass is 262 g/mol. The van der Waals surface area contributed by atoms with Crippen molar-refractivity contribution in [2.75, 3.05) is 26.2 Å². The minimum atomic E-state index is -0.0910. The van der Waals surface area contributed by atoms with Crippen molar-refractivity contribution in [2.45, 2.75) is 13.5 Å². The van der Waals surface area contributed by atoms with E-state index in [9.17, 15) is 9.59 Å². The van der Waals surface area contributed by atoms with Crippen molar-refractivity contribution in [2.24, 2.45) is 5.73 Å². The second-order valence-electron chi connectivity index (χ2n) is 4.55. The van der Waals surface area contributed by atoms with Gasteiger partial charge in [-0.3, -0.25) is 14.6 Å². The zero-order valence-corrected chi connectivity index (χ0v) is 11.0. The Morgan fingerprint density at radius 1 is 1.21 bits per heavy atom. The number of hydrogen-bond donors (Lipinski definition) is 1. The molecule has 19 heavy (non-hydrogen) atoms. The van der Waals surface area contributed by atoms with Crippen molar-refractivity contribution in [1.29, 1.82) is 0 Å². The third kappa shape index (κ3) is 3.08. The summed E-state index contributed by atoms with van der Waals surface area (Å²) in [6.07, 6.45) is 1.62. The van der Waals surface area contributed by atoms with Crippen LogP contribution in [0.25, 0.3) is 0 Å². The van der Waals surface area contributed by atoms with Gasteiger partial charge in [0, 0.05) is 45.8 Å². The Balaban J connectivity index is 1.98. The maximum Gasteiger partial charge on any atom is 0.272 e. The number of piperazine rings is 1. The van der Waals surface area contributed by atoms with E-state index in [1.54, 1.807) is 29.0 Å². The fourth-order valence-electron chi connectivity index (χ4n) is 2.06. The molecule has 2 amide bonds. The van der Waals surface area contributed by atoms with Crippen LogP contribution in [0, 0.1) is 0 Å². The molecule has 0 bridgehead atoms. The first kappa shape index (κ1) is 13.5. The fourth-order valence-corrected chi connectivity index (χ4v) is 2.06. The van der Waals surface area contributed by atoms with Gasteiger partial charge < -0.3 is 15.5 Å². The molecule has 0 radical (unpaired) electrons. The summed E-state index contributed by atoms with van der Waals surface area (Å²) in [6.45, 7) is 4.24. The summed E-state index contributed by atoms with van der Waals surface area (Å²) < 4.78 is 0. The molecule has 1 aromatic rings. The summed E-state index contributed by atoms with van der Waals surface area (Å²) in [4.78, 5) is 31.0. The van der Waals surface area contributed by atoms with Crippen molar-refractivity contribution in [3.05, 3.63) is 29.6 Å². The second kappa shape index (κ2) is 5.79. The zero-order valence-electron chi connectivity index (χ0n) is 11.0. The molecule has 0 spiro atoms. The van der Waals surface area contributed by atoms with E-state index in [0.717, 1.165) is 5.56 Å². The summed E-state index contributed by atoms with van der Waals surface area (Å²) in [5, 5.41) is 0. The van der Waals surface area contributed by atoms with Crippen LogP contribution in [-0.2, 0) is 11.3 Å². The van der Waals surface area contributed by atoms with Crippen LogP contribution >= 0.6 is 0 Å². The first-order valence-electron chi connectivity index (χ1n) is 6.31. The summed E-state index contributed by atoms with van der Waals surface area (Å²) in [6, 6.07) is 3.51. The number of carbonyl (C=O) groups excluding carboxylic acids is 2. The van der Waals surface area contributed by atoms with Gasteiger partial charge in [0.1, 0.15) is 5.69 Å². The molecule has 1 fully saturated rings. The van der Waals surface area contributed by atoms with Crippen molar-refractivity contribution in [3.8, 4) is 0 Å². The molecule has 1 saturated heterocycles. The Morgan fingerprint density at radius 2 is 1.84 bits per heavy atom. The van der Waals surface area contributed by atoms with E-state index < -0.39 is 0 Å². The van der Waals surface area contributed by atoms with Gasteiger partial charge in [-0.1, -0.05) is 6.07 Å². The second-order valence-corrected chi connectivity index (χ2v) is 4.55. The molecule has 2 rings (SSSR count). The Kier molecular flexibility index (Phi) is 4.11. The van der Waals surface area contributed by atoms with Crippen LogP contribution in [0.15, 0.2) is 18.3 Å². The molecular formula is C13H18N4O2. The van der Waals surface area contributed by atoms with Crippen LogP contribution in [0.4, 0.5) is 0 Å². The lowest BCUT2D eigenvalue weighted by Gasteiger charge is -2.34. The third-order valence-electron chi connectivity index (χ3n) is 3.29. The standard InChI is InChI=1S/C13H18N4O2/c1-10(18)16-4-6-17(7-5-16)13(19)12-3-2-11(8-14)9-15-12/h2-3,9H,4-8,14H2,1H3. The number of hydrogen-bond acceptors (Lipinski definition) is 4. The summed E-state index contributed by atoms with van der Waals surface area (Å²) in [5.41, 5.74) is 6.82. The van der Waals surface area contributed by atoms with E-state index in [1.807, 2.05) is 6.07 Å². The molecule has 0 aliphatic carbocycles. The highest BCUT2D eigenvalue weighted by molar-refractivity contribution is 5.92. The molecule has 0 saturated carbocycles. The number of pyridine rings is 1. The Labute approximate surface area is 112 Å². The predicted molar refractivity (Wildman–Crippen MR) is 70.3 cm³/mol. The number of nitrogens with zero attached hydrogens (tertiary/aromatic N) is 3. The molecule has 0 atom stereocenters. The van der Waals surface area contributed by atoms with E-state index in [1.165, 1.54) is 0 Å². The van der Waals surface area contributed by atoms with Crippen LogP contribution in [0.2, 0.25) is 0 Å². The highest BCUT2D eigenvalue weighted by Gasteiger charge is 2.23. The van der Waals surface area contributed by atoms with Gasteiger partial charge in [0.15, 0.2) is 0 Å². The van der Waals surface area contributed by atoms with Crippen LogP contribution in [0.5, 0.6) is 0 Å². The highest BCUT2D eigenvalue weighted by atomic mass is 16.2. The molecule has 1 aliphatic heterocycles. The number of amides is 2. The first-order chi connectivity index (χ1) is 9.11. The Hall–Kier alpha value is -1.95. The number of aromatic nitrogens is 1. The molecule has 1 aromatic heterocycles. The molecule has 1 aliphatic rings. The van der Waals surface area contributed by atoms with Gasteiger partial charge in [0.2, 0.25) is 5.91 Å². The number of carbonyl (C=O) groups is 2. The molecular weight excluding hydrogens is 244 g/mol. The molecule has 6 nitrogen and oxygen atoms in total. The van der Waals surface area contributed by atoms with E-state index in [4.69, 9.17) is 5.73 Å². The number of rotatable bonds is 2. The molecule has 2 heterocycles. The average molecular weight is 262 g/mol. The maximum absolute atomic E-state index is 12.2. The number of nitrogens with two attached hydrogens (primary N) is 1. The van der Waals surface area contributed by atoms with Gasteiger partial charge in [0.25, 0.3) is 5.91 Å². The lowest BCUT2D eigenvalue weighted by atomic mass is 10.2. The van der Waals surface area contributed by atoms with Crippen molar-refractivity contribution < 1.29 is 9.59 Å². The molecule has 0 unspecified atom stereocenters. The normalized spacial score (nSPS) is 15.5. The van der Waals surface area contributed by atoms with Crippen LogP contribution < -0.4 is 5.73 Å². The lowest BCUT2D eigenvalue weighted by Crippen LogP contribution is -2.50. The van der Waals surface area contributed by atoms with Crippen molar-refractivity contribution in [3.63, 3.8) is 0 Å². The Bertz CT molecular complexity index is 464. The third-order valence-corrected chi connectivity index (χ3v) is 3.29. The minimum absolute atomic E-state index is 0.0533. The molecule has 102 valence electrons. The maximum atomic E-state index is 12.2. The summed E-state index contributed by atoms with van der Waals surface area (Å²) in [5.74, 6) is -0.0377. The van der Waals surface area contributed by atoms with Gasteiger partial charge >= 0.3 is 0 Å². The largest absolute Gasteiger partial charge is 0.339 e. The van der Waals surface area contributed by atoms with E-state index in [2.05, 4.69) is 4.98 Å². The minimum Gasteiger partial charge on any atom is -0.339 e. The van der Waals surface area contributed by atoms with Crippen LogP contribution in [0.3, 0.4) is 0 Å². The summed E-state index contributed by atoms with van der Waals surface area (Å²) in [7, 11) is 0. The van der Waals surface area contributed by atoms with Crippen LogP contribution in [-0.4, -0.2) is 52.8 Å². The van der Waals surface area contributed by atoms with Crippen LogP contribution in [0.1, 0.15) is 23.0 Å². The molecule has 6 heteroatoms. The van der Waals surface area contributed by atoms with Gasteiger partial charge in [-0.25, -0.2) is 0 Å². The van der Waals surface area contributed by atoms with Gasteiger partial charge in [-0.15, -0.1) is 0 Å². The SMILES string of the molecule is CC(=O)N1CCN(C(=O)c2ccc(CN)cn2)CC1. The van der Waals surface area contributed by atoms with Gasteiger partial charge in [-0.05, 0) is 11.6 Å². The smallest absolute Gasteiger partial charge is 0.272 e. The zero-order chi connectivity index (χ0) is 13.8. The van der Waals surface area contributed by atoms with Gasteiger partial charge in [0.05, 0.1) is 0 Å². The van der Waals surface area contributed by atoms with E-state index >= 15 is 0 Å². The Morgan fingerprint density at radius 3 is 2.32 bits per heavy atom. The van der Waals surface area contributed by atoms with Gasteiger partial charge in [-0.2, -0.15) is 0 Å².